The van der Waals surface area contributed by atoms with E-state index in [2.05, 4.69) is 16.7 Å². The molecule has 1 heterocycles. The second kappa shape index (κ2) is 4.02. The summed E-state index contributed by atoms with van der Waals surface area (Å²) < 4.78 is 0. The maximum atomic E-state index is 5.86. The first kappa shape index (κ1) is 8.94. The van der Waals surface area contributed by atoms with Crippen LogP contribution in [0.25, 0.3) is 6.08 Å². The molecule has 1 aromatic rings. The zero-order valence-corrected chi connectivity index (χ0v) is 7.54. The van der Waals surface area contributed by atoms with Gasteiger partial charge in [0, 0.05) is 6.20 Å². The van der Waals surface area contributed by atoms with E-state index in [0.717, 1.165) is 5.69 Å². The van der Waals surface area contributed by atoms with E-state index in [1.807, 2.05) is 19.1 Å². The van der Waals surface area contributed by atoms with Gasteiger partial charge in [0.25, 0.3) is 0 Å². The maximum Gasteiger partial charge on any atom is 0.106 e. The number of hydrogen-bond acceptors (Lipinski definition) is 2. The van der Waals surface area contributed by atoms with E-state index in [1.54, 1.807) is 12.3 Å². The molecule has 62 valence electrons. The normalized spacial score (nSPS) is 10.5. The van der Waals surface area contributed by atoms with Crippen molar-refractivity contribution in [2.75, 3.05) is 0 Å². The average Bonchev–Trinajstić information content (AvgIpc) is 2.05. The van der Waals surface area contributed by atoms with Crippen LogP contribution in [0.1, 0.15) is 12.6 Å². The summed E-state index contributed by atoms with van der Waals surface area (Å²) in [4.78, 5) is 7.89. The minimum atomic E-state index is 0.577. The number of pyridine rings is 1. The summed E-state index contributed by atoms with van der Waals surface area (Å²) in [6.07, 6.45) is 5.37. The van der Waals surface area contributed by atoms with Crippen molar-refractivity contribution in [2.24, 2.45) is 4.99 Å². The Hall–Kier alpha value is -1.15. The largest absolute Gasteiger partial charge is 0.261 e. The molecule has 0 fully saturated rings. The first-order chi connectivity index (χ1) is 5.79. The molecular formula is C9H9ClN2. The van der Waals surface area contributed by atoms with Crippen LogP contribution >= 0.6 is 11.6 Å². The Bertz CT molecular complexity index is 318. The number of halogens is 1. The molecule has 0 spiro atoms. The van der Waals surface area contributed by atoms with Gasteiger partial charge in [-0.15, -0.1) is 0 Å². The molecule has 0 bridgehead atoms. The monoisotopic (exact) mass is 180 g/mol. The standard InChI is InChI=1S/C9H9ClN2/c1-3-4-8-9(11-2)7(10)5-6-12-8/h3-6H,2H2,1H3/b4-3-. The average molecular weight is 181 g/mol. The Labute approximate surface area is 76.6 Å². The van der Waals surface area contributed by atoms with Crippen molar-refractivity contribution < 1.29 is 0 Å². The molecular weight excluding hydrogens is 172 g/mol. The second-order valence-corrected chi connectivity index (χ2v) is 2.59. The second-order valence-electron chi connectivity index (χ2n) is 2.18. The lowest BCUT2D eigenvalue weighted by molar-refractivity contribution is 1.28. The first-order valence-electron chi connectivity index (χ1n) is 3.53. The fourth-order valence-electron chi connectivity index (χ4n) is 0.882. The van der Waals surface area contributed by atoms with Crippen LogP contribution in [-0.4, -0.2) is 11.7 Å². The molecule has 0 radical (unpaired) electrons. The van der Waals surface area contributed by atoms with Gasteiger partial charge in [0.15, 0.2) is 0 Å². The third-order valence-corrected chi connectivity index (χ3v) is 1.69. The molecule has 3 heteroatoms. The third-order valence-electron chi connectivity index (χ3n) is 1.39. The predicted octanol–water partition coefficient (Wildman–Crippen LogP) is 3.10. The molecule has 0 aromatic carbocycles. The molecule has 0 atom stereocenters. The van der Waals surface area contributed by atoms with E-state index in [-0.39, 0.29) is 0 Å². The van der Waals surface area contributed by atoms with Gasteiger partial charge in [-0.25, -0.2) is 0 Å². The number of hydrogen-bond donors (Lipinski definition) is 0. The number of aliphatic imine (C=N–C) groups is 1. The van der Waals surface area contributed by atoms with Crippen LogP contribution < -0.4 is 0 Å². The fourth-order valence-corrected chi connectivity index (χ4v) is 1.09. The Morgan fingerprint density at radius 2 is 2.42 bits per heavy atom. The number of rotatable bonds is 2. The molecule has 1 rings (SSSR count). The predicted molar refractivity (Wildman–Crippen MR) is 53.2 cm³/mol. The van der Waals surface area contributed by atoms with Crippen LogP contribution in [0.15, 0.2) is 23.3 Å². The lowest BCUT2D eigenvalue weighted by Crippen LogP contribution is -1.81. The SMILES string of the molecule is C=Nc1c(Cl)ccnc1/C=C\C. The van der Waals surface area contributed by atoms with Crippen molar-refractivity contribution in [3.63, 3.8) is 0 Å². The molecule has 0 aliphatic rings. The summed E-state index contributed by atoms with van der Waals surface area (Å²) in [5.41, 5.74) is 1.39. The van der Waals surface area contributed by atoms with Crippen LogP contribution in [0.5, 0.6) is 0 Å². The molecule has 0 aliphatic heterocycles. The number of allylic oxidation sites excluding steroid dienone is 1. The molecule has 0 saturated heterocycles. The van der Waals surface area contributed by atoms with E-state index in [0.29, 0.717) is 10.7 Å². The van der Waals surface area contributed by atoms with Gasteiger partial charge >= 0.3 is 0 Å². The summed E-state index contributed by atoms with van der Waals surface area (Å²) in [6, 6.07) is 1.69. The Morgan fingerprint density at radius 1 is 1.67 bits per heavy atom. The molecule has 12 heavy (non-hydrogen) atoms. The third kappa shape index (κ3) is 1.71. The van der Waals surface area contributed by atoms with Gasteiger partial charge in [0.2, 0.25) is 0 Å². The summed E-state index contributed by atoms with van der Waals surface area (Å²) >= 11 is 5.86. The fraction of sp³-hybridized carbons (Fsp3) is 0.111. The molecule has 0 unspecified atom stereocenters. The molecule has 2 nitrogen and oxygen atoms in total. The first-order valence-corrected chi connectivity index (χ1v) is 3.91. The van der Waals surface area contributed by atoms with Crippen LogP contribution in [0.2, 0.25) is 5.02 Å². The van der Waals surface area contributed by atoms with Crippen molar-refractivity contribution in [3.8, 4) is 0 Å². The van der Waals surface area contributed by atoms with Crippen molar-refractivity contribution in [1.29, 1.82) is 0 Å². The van der Waals surface area contributed by atoms with Crippen LogP contribution in [0.4, 0.5) is 5.69 Å². The summed E-state index contributed by atoms with van der Waals surface area (Å²) in [5.74, 6) is 0. The lowest BCUT2D eigenvalue weighted by atomic mass is 10.3. The summed E-state index contributed by atoms with van der Waals surface area (Å²) in [6.45, 7) is 5.34. The number of aromatic nitrogens is 1. The smallest absolute Gasteiger partial charge is 0.106 e. The van der Waals surface area contributed by atoms with Gasteiger partial charge < -0.3 is 0 Å². The topological polar surface area (TPSA) is 25.2 Å². The van der Waals surface area contributed by atoms with Gasteiger partial charge in [-0.2, -0.15) is 0 Å². The van der Waals surface area contributed by atoms with Gasteiger partial charge in [0.1, 0.15) is 5.69 Å². The van der Waals surface area contributed by atoms with E-state index >= 15 is 0 Å². The van der Waals surface area contributed by atoms with Crippen LogP contribution in [0.3, 0.4) is 0 Å². The summed E-state index contributed by atoms with van der Waals surface area (Å²) in [5, 5.41) is 0.577. The molecule has 1 aromatic heterocycles. The van der Waals surface area contributed by atoms with Gasteiger partial charge in [0.05, 0.1) is 10.7 Å². The highest BCUT2D eigenvalue weighted by molar-refractivity contribution is 6.33. The molecule has 0 amide bonds. The molecule has 0 aliphatic carbocycles. The van der Waals surface area contributed by atoms with Gasteiger partial charge in [-0.3, -0.25) is 9.98 Å². The molecule has 0 N–H and O–H groups in total. The highest BCUT2D eigenvalue weighted by Gasteiger charge is 2.02. The van der Waals surface area contributed by atoms with Crippen molar-refractivity contribution in [3.05, 3.63) is 29.1 Å². The van der Waals surface area contributed by atoms with Gasteiger partial charge in [-0.05, 0) is 25.8 Å². The zero-order chi connectivity index (χ0) is 8.97. The van der Waals surface area contributed by atoms with Crippen LogP contribution in [-0.2, 0) is 0 Å². The van der Waals surface area contributed by atoms with E-state index in [4.69, 9.17) is 11.6 Å². The minimum Gasteiger partial charge on any atom is -0.261 e. The highest BCUT2D eigenvalue weighted by Crippen LogP contribution is 2.27. The quantitative estimate of drug-likeness (QED) is 0.642. The van der Waals surface area contributed by atoms with Gasteiger partial charge in [-0.1, -0.05) is 17.7 Å². The highest BCUT2D eigenvalue weighted by atomic mass is 35.5. The molecule has 0 saturated carbocycles. The van der Waals surface area contributed by atoms with Crippen LogP contribution in [0, 0.1) is 0 Å². The van der Waals surface area contributed by atoms with E-state index < -0.39 is 0 Å². The number of nitrogens with zero attached hydrogens (tertiary/aromatic N) is 2. The van der Waals surface area contributed by atoms with Crippen molar-refractivity contribution in [2.45, 2.75) is 6.92 Å². The minimum absolute atomic E-state index is 0.577. The van der Waals surface area contributed by atoms with Crippen molar-refractivity contribution in [1.82, 2.24) is 4.98 Å². The zero-order valence-electron chi connectivity index (χ0n) is 6.79. The Balaban J connectivity index is 3.27. The van der Waals surface area contributed by atoms with E-state index in [1.165, 1.54) is 0 Å². The van der Waals surface area contributed by atoms with E-state index in [9.17, 15) is 0 Å². The van der Waals surface area contributed by atoms with Crippen molar-refractivity contribution >= 4 is 30.1 Å². The Kier molecular flexibility index (Phi) is 3.00. The Morgan fingerprint density at radius 3 is 3.00 bits per heavy atom. The maximum absolute atomic E-state index is 5.86. The lowest BCUT2D eigenvalue weighted by Gasteiger charge is -1.99. The summed E-state index contributed by atoms with van der Waals surface area (Å²) in [7, 11) is 0.